The average molecular weight is 339 g/mol. The third-order valence-corrected chi connectivity index (χ3v) is 3.40. The van der Waals surface area contributed by atoms with Gasteiger partial charge >= 0.3 is 6.09 Å². The molecule has 0 aliphatic carbocycles. The van der Waals surface area contributed by atoms with Crippen LogP contribution in [0.2, 0.25) is 0 Å². The monoisotopic (exact) mass is 339 g/mol. The summed E-state index contributed by atoms with van der Waals surface area (Å²) in [7, 11) is 4.72. The molecule has 0 aromatic heterocycles. The van der Waals surface area contributed by atoms with E-state index in [2.05, 4.69) is 5.32 Å². The van der Waals surface area contributed by atoms with Gasteiger partial charge in [-0.2, -0.15) is 0 Å². The van der Waals surface area contributed by atoms with Gasteiger partial charge in [0.2, 0.25) is 0 Å². The number of rotatable bonds is 6. The van der Waals surface area contributed by atoms with Gasteiger partial charge in [-0.3, -0.25) is 0 Å². The second-order valence-electron chi connectivity index (χ2n) is 6.81. The van der Waals surface area contributed by atoms with Gasteiger partial charge in [-0.1, -0.05) is 13.8 Å². The van der Waals surface area contributed by atoms with Crippen LogP contribution in [0.3, 0.4) is 0 Å². The van der Waals surface area contributed by atoms with Gasteiger partial charge in [-0.25, -0.2) is 4.79 Å². The van der Waals surface area contributed by atoms with Gasteiger partial charge in [0, 0.05) is 12.1 Å². The maximum absolute atomic E-state index is 12.2. The van der Waals surface area contributed by atoms with Crippen LogP contribution in [0.4, 0.5) is 4.79 Å². The van der Waals surface area contributed by atoms with Crippen molar-refractivity contribution in [2.75, 3.05) is 21.3 Å². The quantitative estimate of drug-likeness (QED) is 0.850. The molecule has 0 radical (unpaired) electrons. The normalized spacial score (nSPS) is 12.5. The molecule has 1 N–H and O–H groups in total. The first kappa shape index (κ1) is 19.9. The molecule has 136 valence electrons. The predicted molar refractivity (Wildman–Crippen MR) is 93.0 cm³/mol. The van der Waals surface area contributed by atoms with E-state index in [9.17, 15) is 4.79 Å². The summed E-state index contributed by atoms with van der Waals surface area (Å²) in [6.07, 6.45) is -0.485. The topological polar surface area (TPSA) is 66.0 Å². The molecule has 0 saturated heterocycles. The van der Waals surface area contributed by atoms with Crippen molar-refractivity contribution in [1.82, 2.24) is 5.32 Å². The van der Waals surface area contributed by atoms with Crippen molar-refractivity contribution in [2.24, 2.45) is 5.92 Å². The first-order valence-electron chi connectivity index (χ1n) is 7.92. The second-order valence-corrected chi connectivity index (χ2v) is 6.81. The van der Waals surface area contributed by atoms with Crippen molar-refractivity contribution >= 4 is 6.09 Å². The summed E-state index contributed by atoms with van der Waals surface area (Å²) in [6, 6.07) is 3.20. The molecular weight excluding hydrogens is 310 g/mol. The molecule has 6 heteroatoms. The molecule has 0 bridgehead atoms. The van der Waals surface area contributed by atoms with Crippen molar-refractivity contribution in [3.05, 3.63) is 17.7 Å². The van der Waals surface area contributed by atoms with E-state index in [0.29, 0.717) is 17.2 Å². The Kier molecular flexibility index (Phi) is 6.75. The SMILES string of the molecule is COc1cc(OC)c(C(NC(=O)OC(C)(C)C)C(C)C)c(OC)c1. The lowest BCUT2D eigenvalue weighted by Gasteiger charge is -2.28. The molecule has 0 saturated carbocycles. The van der Waals surface area contributed by atoms with Crippen molar-refractivity contribution in [1.29, 1.82) is 0 Å². The van der Waals surface area contributed by atoms with E-state index in [1.54, 1.807) is 33.5 Å². The summed E-state index contributed by atoms with van der Waals surface area (Å²) in [5.74, 6) is 1.88. The zero-order valence-electron chi connectivity index (χ0n) is 15.9. The van der Waals surface area contributed by atoms with Gasteiger partial charge in [0.05, 0.1) is 32.9 Å². The molecule has 1 unspecified atom stereocenters. The third-order valence-electron chi connectivity index (χ3n) is 3.40. The van der Waals surface area contributed by atoms with Crippen LogP contribution in [0.15, 0.2) is 12.1 Å². The van der Waals surface area contributed by atoms with Crippen LogP contribution >= 0.6 is 0 Å². The van der Waals surface area contributed by atoms with Crippen LogP contribution in [-0.4, -0.2) is 33.0 Å². The summed E-state index contributed by atoms with van der Waals surface area (Å²) in [5.41, 5.74) is 0.182. The summed E-state index contributed by atoms with van der Waals surface area (Å²) in [5, 5.41) is 2.91. The van der Waals surface area contributed by atoms with Crippen molar-refractivity contribution < 1.29 is 23.7 Å². The van der Waals surface area contributed by atoms with E-state index >= 15 is 0 Å². The Labute approximate surface area is 144 Å². The van der Waals surface area contributed by atoms with Crippen LogP contribution in [0.25, 0.3) is 0 Å². The van der Waals surface area contributed by atoms with Gasteiger partial charge in [0.15, 0.2) is 0 Å². The number of methoxy groups -OCH3 is 3. The Morgan fingerprint density at radius 3 is 1.83 bits per heavy atom. The number of hydrogen-bond acceptors (Lipinski definition) is 5. The summed E-state index contributed by atoms with van der Waals surface area (Å²) in [6.45, 7) is 9.48. The minimum Gasteiger partial charge on any atom is -0.496 e. The summed E-state index contributed by atoms with van der Waals surface area (Å²) >= 11 is 0. The largest absolute Gasteiger partial charge is 0.496 e. The molecule has 1 rings (SSSR count). The number of benzene rings is 1. The van der Waals surface area contributed by atoms with Gasteiger partial charge in [0.25, 0.3) is 0 Å². The fraction of sp³-hybridized carbons (Fsp3) is 0.611. The van der Waals surface area contributed by atoms with E-state index < -0.39 is 11.7 Å². The Morgan fingerprint density at radius 2 is 1.50 bits per heavy atom. The molecule has 0 spiro atoms. The zero-order valence-corrected chi connectivity index (χ0v) is 15.9. The van der Waals surface area contributed by atoms with Crippen LogP contribution in [0, 0.1) is 5.92 Å². The smallest absolute Gasteiger partial charge is 0.408 e. The molecular formula is C18H29NO5. The maximum atomic E-state index is 12.2. The van der Waals surface area contributed by atoms with Crippen LogP contribution in [0.1, 0.15) is 46.2 Å². The Bertz CT molecular complexity index is 538. The minimum atomic E-state index is -0.570. The molecule has 1 aromatic carbocycles. The fourth-order valence-corrected chi connectivity index (χ4v) is 2.35. The molecule has 0 fully saturated rings. The van der Waals surface area contributed by atoms with E-state index in [-0.39, 0.29) is 12.0 Å². The number of hydrogen-bond donors (Lipinski definition) is 1. The number of ether oxygens (including phenoxy) is 4. The maximum Gasteiger partial charge on any atom is 0.408 e. The highest BCUT2D eigenvalue weighted by molar-refractivity contribution is 5.69. The molecule has 1 aromatic rings. The van der Waals surface area contributed by atoms with Crippen LogP contribution in [0.5, 0.6) is 17.2 Å². The highest BCUT2D eigenvalue weighted by atomic mass is 16.6. The van der Waals surface area contributed by atoms with Gasteiger partial charge in [-0.15, -0.1) is 0 Å². The van der Waals surface area contributed by atoms with Gasteiger partial charge in [0.1, 0.15) is 22.8 Å². The Balaban J connectivity index is 3.27. The number of amides is 1. The van der Waals surface area contributed by atoms with E-state index in [1.165, 1.54) is 0 Å². The molecule has 0 aliphatic rings. The summed E-state index contributed by atoms with van der Waals surface area (Å²) in [4.78, 5) is 12.2. The molecule has 1 amide bonds. The van der Waals surface area contributed by atoms with E-state index in [1.807, 2.05) is 34.6 Å². The van der Waals surface area contributed by atoms with Gasteiger partial charge in [-0.05, 0) is 26.7 Å². The second kappa shape index (κ2) is 8.13. The Hall–Kier alpha value is -2.11. The standard InChI is InChI=1S/C18H29NO5/c1-11(2)16(19-17(20)24-18(3,4)5)15-13(22-7)9-12(21-6)10-14(15)23-8/h9-11,16H,1-8H3,(H,19,20). The molecule has 0 heterocycles. The minimum absolute atomic E-state index is 0.0914. The highest BCUT2D eigenvalue weighted by Gasteiger charge is 2.28. The molecule has 24 heavy (non-hydrogen) atoms. The van der Waals surface area contributed by atoms with E-state index in [0.717, 1.165) is 5.56 Å². The lowest BCUT2D eigenvalue weighted by molar-refractivity contribution is 0.0488. The average Bonchev–Trinajstić information content (AvgIpc) is 2.49. The first-order chi connectivity index (χ1) is 11.1. The highest BCUT2D eigenvalue weighted by Crippen LogP contribution is 2.40. The van der Waals surface area contributed by atoms with Crippen molar-refractivity contribution in [2.45, 2.75) is 46.3 Å². The lowest BCUT2D eigenvalue weighted by Crippen LogP contribution is -2.37. The Morgan fingerprint density at radius 1 is 1.00 bits per heavy atom. The fourth-order valence-electron chi connectivity index (χ4n) is 2.35. The molecule has 6 nitrogen and oxygen atoms in total. The van der Waals surface area contributed by atoms with Crippen molar-refractivity contribution in [3.8, 4) is 17.2 Å². The molecule has 1 atom stereocenters. The van der Waals surface area contributed by atoms with E-state index in [4.69, 9.17) is 18.9 Å². The number of carbonyl (C=O) groups is 1. The zero-order chi connectivity index (χ0) is 18.5. The lowest BCUT2D eigenvalue weighted by atomic mass is 9.94. The third kappa shape index (κ3) is 5.22. The predicted octanol–water partition coefficient (Wildman–Crippen LogP) is 3.93. The summed E-state index contributed by atoms with van der Waals surface area (Å²) < 4.78 is 21.6. The number of nitrogens with one attached hydrogen (secondary N) is 1. The first-order valence-corrected chi connectivity index (χ1v) is 7.92. The number of carbonyl (C=O) groups excluding carboxylic acids is 1. The van der Waals surface area contributed by atoms with Crippen LogP contribution < -0.4 is 19.5 Å². The number of alkyl carbamates (subject to hydrolysis) is 1. The van der Waals surface area contributed by atoms with Crippen LogP contribution in [-0.2, 0) is 4.74 Å². The van der Waals surface area contributed by atoms with Crippen molar-refractivity contribution in [3.63, 3.8) is 0 Å². The molecule has 0 aliphatic heterocycles. The van der Waals surface area contributed by atoms with Gasteiger partial charge < -0.3 is 24.3 Å².